The standard InChI is InChI=1S/C3H6O.2BrH.Zn/c1-2-3-4;;;/h3H,2H2,1H3;2*1H;/q;;;+2/p-2. The summed E-state index contributed by atoms with van der Waals surface area (Å²) >= 11 is 6.25. The second-order valence-corrected chi connectivity index (χ2v) is 14.7. The number of rotatable bonds is 1. The predicted molar refractivity (Wildman–Crippen MR) is 34.2 cm³/mol. The van der Waals surface area contributed by atoms with Crippen molar-refractivity contribution in [2.75, 3.05) is 0 Å². The van der Waals surface area contributed by atoms with Gasteiger partial charge in [-0.05, 0) is 0 Å². The SMILES string of the molecule is CCC=O.[Br][Zn][Br]. The van der Waals surface area contributed by atoms with Gasteiger partial charge in [-0.15, -0.1) is 0 Å². The number of hydrogen-bond donors (Lipinski definition) is 0. The third-order valence-electron chi connectivity index (χ3n) is 0.167. The van der Waals surface area contributed by atoms with Crippen LogP contribution in [-0.4, -0.2) is 6.29 Å². The summed E-state index contributed by atoms with van der Waals surface area (Å²) in [7, 11) is 0. The van der Waals surface area contributed by atoms with Crippen molar-refractivity contribution in [3.8, 4) is 0 Å². The molecule has 0 spiro atoms. The molecule has 0 aromatic rings. The molecule has 0 saturated carbocycles. The summed E-state index contributed by atoms with van der Waals surface area (Å²) in [6, 6.07) is 0. The molecule has 1 nitrogen and oxygen atoms in total. The van der Waals surface area contributed by atoms with E-state index in [0.717, 1.165) is 6.29 Å². The normalized spacial score (nSPS) is 5.00. The van der Waals surface area contributed by atoms with Crippen LogP contribution in [0.4, 0.5) is 0 Å². The summed E-state index contributed by atoms with van der Waals surface area (Å²) in [5.74, 6) is 0. The second-order valence-electron chi connectivity index (χ2n) is 0.676. The first-order valence-corrected chi connectivity index (χ1v) is 15.8. The second kappa shape index (κ2) is 15.7. The third kappa shape index (κ3) is 39.4. The molecule has 0 amide bonds. The van der Waals surface area contributed by atoms with E-state index >= 15 is 0 Å². The zero-order chi connectivity index (χ0) is 6.12. The molecule has 4 heteroatoms. The molecule has 0 bridgehead atoms. The van der Waals surface area contributed by atoms with E-state index in [-0.39, 0.29) is 13.2 Å². The van der Waals surface area contributed by atoms with Gasteiger partial charge in [0.1, 0.15) is 6.29 Å². The summed E-state index contributed by atoms with van der Waals surface area (Å²) in [6.45, 7) is 1.81. The minimum absolute atomic E-state index is 0.250. The molecular formula is C3H6Br2OZn. The van der Waals surface area contributed by atoms with Crippen LogP contribution in [-0.2, 0) is 18.0 Å². The minimum atomic E-state index is -0.250. The summed E-state index contributed by atoms with van der Waals surface area (Å²) < 4.78 is 0. The van der Waals surface area contributed by atoms with Crippen molar-refractivity contribution < 1.29 is 18.0 Å². The topological polar surface area (TPSA) is 17.1 Å². The van der Waals surface area contributed by atoms with Gasteiger partial charge < -0.3 is 4.79 Å². The van der Waals surface area contributed by atoms with Crippen molar-refractivity contribution in [1.29, 1.82) is 0 Å². The molecule has 0 aromatic carbocycles. The van der Waals surface area contributed by atoms with Gasteiger partial charge in [-0.25, -0.2) is 0 Å². The van der Waals surface area contributed by atoms with E-state index in [1.54, 1.807) is 0 Å². The zero-order valence-electron chi connectivity index (χ0n) is 4.16. The first-order chi connectivity index (χ1) is 3.33. The Labute approximate surface area is 64.6 Å². The van der Waals surface area contributed by atoms with Crippen LogP contribution in [0.25, 0.3) is 0 Å². The molecule has 0 aliphatic carbocycles. The van der Waals surface area contributed by atoms with Crippen LogP contribution < -0.4 is 0 Å². The van der Waals surface area contributed by atoms with Gasteiger partial charge in [-0.1, -0.05) is 6.92 Å². The van der Waals surface area contributed by atoms with Crippen LogP contribution in [0.3, 0.4) is 0 Å². The fourth-order valence-electron chi connectivity index (χ4n) is 0. The quantitative estimate of drug-likeness (QED) is 0.533. The molecular weight excluding hydrogens is 277 g/mol. The van der Waals surface area contributed by atoms with Crippen molar-refractivity contribution >= 4 is 33.5 Å². The fourth-order valence-corrected chi connectivity index (χ4v) is 0. The summed E-state index contributed by atoms with van der Waals surface area (Å²) in [4.78, 5) is 9.17. The van der Waals surface area contributed by atoms with Crippen LogP contribution in [0.5, 0.6) is 0 Å². The van der Waals surface area contributed by atoms with Gasteiger partial charge in [-0.2, -0.15) is 0 Å². The fraction of sp³-hybridized carbons (Fsp3) is 0.667. The van der Waals surface area contributed by atoms with Gasteiger partial charge in [0.15, 0.2) is 0 Å². The Morgan fingerprint density at radius 3 is 1.86 bits per heavy atom. The number of carbonyl (C=O) groups is 1. The van der Waals surface area contributed by atoms with E-state index in [0.29, 0.717) is 6.42 Å². The molecule has 0 heterocycles. The number of aldehydes is 1. The molecule has 7 heavy (non-hydrogen) atoms. The molecule has 0 radical (unpaired) electrons. The average molecular weight is 283 g/mol. The predicted octanol–water partition coefficient (Wildman–Crippen LogP) is 2.28. The Morgan fingerprint density at radius 1 is 1.71 bits per heavy atom. The van der Waals surface area contributed by atoms with Crippen LogP contribution >= 0.6 is 27.2 Å². The van der Waals surface area contributed by atoms with Gasteiger partial charge in [-0.3, -0.25) is 0 Å². The Bertz CT molecular complexity index is 34.1. The van der Waals surface area contributed by atoms with Gasteiger partial charge >= 0.3 is 40.5 Å². The van der Waals surface area contributed by atoms with E-state index < -0.39 is 0 Å². The molecule has 0 atom stereocenters. The van der Waals surface area contributed by atoms with Crippen molar-refractivity contribution in [2.24, 2.45) is 0 Å². The van der Waals surface area contributed by atoms with Crippen LogP contribution in [0.1, 0.15) is 13.3 Å². The molecule has 0 N–H and O–H groups in total. The molecule has 0 aromatic heterocycles. The molecule has 0 rings (SSSR count). The Morgan fingerprint density at radius 2 is 1.86 bits per heavy atom. The Balaban J connectivity index is 0. The average Bonchev–Trinajstić information content (AvgIpc) is 1.69. The Kier molecular flexibility index (Phi) is 24.9. The number of hydrogen-bond acceptors (Lipinski definition) is 1. The maximum absolute atomic E-state index is 9.17. The van der Waals surface area contributed by atoms with Gasteiger partial charge in [0, 0.05) is 6.42 Å². The monoisotopic (exact) mass is 280 g/mol. The maximum atomic E-state index is 9.17. The van der Waals surface area contributed by atoms with E-state index in [1.807, 2.05) is 6.92 Å². The van der Waals surface area contributed by atoms with Crippen LogP contribution in [0.15, 0.2) is 0 Å². The van der Waals surface area contributed by atoms with Crippen molar-refractivity contribution in [1.82, 2.24) is 0 Å². The van der Waals surface area contributed by atoms with E-state index in [1.165, 1.54) is 0 Å². The summed E-state index contributed by atoms with van der Waals surface area (Å²) in [6.07, 6.45) is 1.51. The summed E-state index contributed by atoms with van der Waals surface area (Å²) in [5, 5.41) is 0. The van der Waals surface area contributed by atoms with Crippen molar-refractivity contribution in [3.63, 3.8) is 0 Å². The van der Waals surface area contributed by atoms with E-state index in [9.17, 15) is 4.79 Å². The van der Waals surface area contributed by atoms with E-state index in [2.05, 4.69) is 27.2 Å². The first-order valence-electron chi connectivity index (χ1n) is 1.89. The van der Waals surface area contributed by atoms with Crippen molar-refractivity contribution in [2.45, 2.75) is 13.3 Å². The molecule has 40 valence electrons. The van der Waals surface area contributed by atoms with Crippen LogP contribution in [0, 0.1) is 0 Å². The number of carbonyl (C=O) groups excluding carboxylic acids is 1. The van der Waals surface area contributed by atoms with Gasteiger partial charge in [0.2, 0.25) is 0 Å². The molecule has 0 fully saturated rings. The molecule has 0 unspecified atom stereocenters. The third-order valence-corrected chi connectivity index (χ3v) is 0.167. The Hall–Kier alpha value is 1.25. The van der Waals surface area contributed by atoms with Gasteiger partial charge in [0.05, 0.1) is 0 Å². The number of halogens is 2. The van der Waals surface area contributed by atoms with E-state index in [4.69, 9.17) is 0 Å². The first kappa shape index (κ1) is 11.1. The molecule has 0 aliphatic rings. The molecule has 0 saturated heterocycles. The summed E-state index contributed by atoms with van der Waals surface area (Å²) in [5.41, 5.74) is 0. The van der Waals surface area contributed by atoms with Crippen LogP contribution in [0.2, 0.25) is 0 Å². The van der Waals surface area contributed by atoms with Crippen molar-refractivity contribution in [3.05, 3.63) is 0 Å². The van der Waals surface area contributed by atoms with Gasteiger partial charge in [0.25, 0.3) is 0 Å². The molecule has 0 aliphatic heterocycles. The zero-order valence-corrected chi connectivity index (χ0v) is 10.3.